The molecule has 1 N–H and O–H groups in total. The molecule has 4 rings (SSSR count). The zero-order valence-corrected chi connectivity index (χ0v) is 15.3. The summed E-state index contributed by atoms with van der Waals surface area (Å²) in [5.74, 6) is 0.0983. The van der Waals surface area contributed by atoms with Crippen LogP contribution in [0, 0.1) is 5.41 Å². The number of carbonyl (C=O) groups is 1. The molecule has 0 saturated heterocycles. The Kier molecular flexibility index (Phi) is 4.88. The van der Waals surface area contributed by atoms with Crippen molar-refractivity contribution in [1.29, 1.82) is 0 Å². The number of carbonyl (C=O) groups excluding carboxylic acids is 1. The molecule has 1 heterocycles. The fraction of sp³-hybridized carbons (Fsp3) is 0.160. The van der Waals surface area contributed by atoms with Gasteiger partial charge in [0.1, 0.15) is 0 Å². The van der Waals surface area contributed by atoms with Crippen LogP contribution in [0.1, 0.15) is 16.7 Å². The van der Waals surface area contributed by atoms with Crippen LogP contribution in [0.2, 0.25) is 0 Å². The van der Waals surface area contributed by atoms with Crippen molar-refractivity contribution >= 4 is 5.91 Å². The van der Waals surface area contributed by atoms with Gasteiger partial charge in [-0.2, -0.15) is 0 Å². The third kappa shape index (κ3) is 4.01. The van der Waals surface area contributed by atoms with E-state index in [2.05, 4.69) is 47.8 Å². The molecule has 0 atom stereocenters. The Morgan fingerprint density at radius 3 is 1.56 bits per heavy atom. The molecule has 0 radical (unpaired) electrons. The summed E-state index contributed by atoms with van der Waals surface area (Å²) >= 11 is 0. The molecule has 1 aliphatic heterocycles. The van der Waals surface area contributed by atoms with E-state index in [0.717, 1.165) is 12.1 Å². The van der Waals surface area contributed by atoms with Gasteiger partial charge < -0.3 is 5.32 Å². The fourth-order valence-corrected chi connectivity index (χ4v) is 3.86. The smallest absolute Gasteiger partial charge is 0.234 e. The Morgan fingerprint density at radius 2 is 1.07 bits per heavy atom. The molecule has 2 nitrogen and oxygen atoms in total. The second-order valence-electron chi connectivity index (χ2n) is 7.27. The van der Waals surface area contributed by atoms with E-state index in [1.807, 2.05) is 54.6 Å². The Labute approximate surface area is 160 Å². The molecular weight excluding hydrogens is 330 g/mol. The molecule has 1 aliphatic rings. The highest BCUT2D eigenvalue weighted by molar-refractivity contribution is 5.90. The summed E-state index contributed by atoms with van der Waals surface area (Å²) in [5, 5.41) is 3.16. The molecule has 0 unspecified atom stereocenters. The van der Waals surface area contributed by atoms with E-state index in [4.69, 9.17) is 0 Å². The van der Waals surface area contributed by atoms with Crippen LogP contribution in [0.25, 0.3) is 0 Å². The van der Waals surface area contributed by atoms with E-state index in [-0.39, 0.29) is 5.91 Å². The molecule has 0 aromatic heterocycles. The summed E-state index contributed by atoms with van der Waals surface area (Å²) in [4.78, 5) is 13.1. The standard InChI is InChI=1S/C25H23NO/c27-24-25(17-21-12-6-2-7-13-21,18-22-14-8-3-9-15-22)19-23(26-24)16-20-10-4-1-5-11-20/h1-15,19H,16-18H2,(H,26,27). The Bertz CT molecular complexity index is 888. The van der Waals surface area contributed by atoms with Crippen molar-refractivity contribution in [3.8, 4) is 0 Å². The van der Waals surface area contributed by atoms with Gasteiger partial charge >= 0.3 is 0 Å². The lowest BCUT2D eigenvalue weighted by molar-refractivity contribution is -0.126. The molecule has 3 aromatic carbocycles. The molecule has 0 fully saturated rings. The second kappa shape index (κ2) is 7.63. The molecule has 0 aliphatic carbocycles. The minimum Gasteiger partial charge on any atom is -0.329 e. The fourth-order valence-electron chi connectivity index (χ4n) is 3.86. The summed E-state index contributed by atoms with van der Waals surface area (Å²) < 4.78 is 0. The lowest BCUT2D eigenvalue weighted by Gasteiger charge is -2.25. The van der Waals surface area contributed by atoms with Gasteiger partial charge in [-0.25, -0.2) is 0 Å². The maximum atomic E-state index is 13.1. The van der Waals surface area contributed by atoms with Gasteiger partial charge in [0.15, 0.2) is 0 Å². The number of allylic oxidation sites excluding steroid dienone is 1. The van der Waals surface area contributed by atoms with E-state index >= 15 is 0 Å². The average Bonchev–Trinajstić information content (AvgIpc) is 2.98. The molecule has 1 amide bonds. The highest BCUT2D eigenvalue weighted by Gasteiger charge is 2.41. The van der Waals surface area contributed by atoms with Crippen LogP contribution < -0.4 is 5.32 Å². The first kappa shape index (κ1) is 17.3. The quantitative estimate of drug-likeness (QED) is 0.683. The van der Waals surface area contributed by atoms with Crippen molar-refractivity contribution in [3.63, 3.8) is 0 Å². The SMILES string of the molecule is O=C1NC(Cc2ccccc2)=CC1(Cc1ccccc1)Cc1ccccc1. The van der Waals surface area contributed by atoms with Gasteiger partial charge in [0.25, 0.3) is 0 Å². The van der Waals surface area contributed by atoms with Gasteiger partial charge in [-0.1, -0.05) is 91.0 Å². The van der Waals surface area contributed by atoms with Crippen LogP contribution in [0.5, 0.6) is 0 Å². The number of amides is 1. The van der Waals surface area contributed by atoms with E-state index in [0.29, 0.717) is 12.8 Å². The normalized spacial score (nSPS) is 15.3. The van der Waals surface area contributed by atoms with Crippen molar-refractivity contribution in [2.45, 2.75) is 19.3 Å². The van der Waals surface area contributed by atoms with Gasteiger partial charge in [0.05, 0.1) is 5.41 Å². The zero-order chi connectivity index (χ0) is 18.5. The van der Waals surface area contributed by atoms with Gasteiger partial charge in [0, 0.05) is 12.1 Å². The Balaban J connectivity index is 1.67. The molecule has 0 bridgehead atoms. The number of hydrogen-bond acceptors (Lipinski definition) is 1. The lowest BCUT2D eigenvalue weighted by atomic mass is 9.76. The van der Waals surface area contributed by atoms with Crippen molar-refractivity contribution < 1.29 is 4.79 Å². The van der Waals surface area contributed by atoms with E-state index < -0.39 is 5.41 Å². The average molecular weight is 353 g/mol. The Morgan fingerprint density at radius 1 is 0.630 bits per heavy atom. The van der Waals surface area contributed by atoms with E-state index in [1.54, 1.807) is 0 Å². The van der Waals surface area contributed by atoms with Gasteiger partial charge in [-0.15, -0.1) is 0 Å². The minimum absolute atomic E-state index is 0.0983. The second-order valence-corrected chi connectivity index (χ2v) is 7.27. The first-order valence-corrected chi connectivity index (χ1v) is 9.38. The first-order chi connectivity index (χ1) is 13.2. The van der Waals surface area contributed by atoms with Crippen molar-refractivity contribution in [3.05, 3.63) is 119 Å². The van der Waals surface area contributed by atoms with Crippen molar-refractivity contribution in [2.75, 3.05) is 0 Å². The van der Waals surface area contributed by atoms with Gasteiger partial charge in [-0.3, -0.25) is 4.79 Å². The molecule has 0 spiro atoms. The van der Waals surface area contributed by atoms with Crippen LogP contribution in [0.4, 0.5) is 0 Å². The third-order valence-corrected chi connectivity index (χ3v) is 5.14. The van der Waals surface area contributed by atoms with E-state index in [1.165, 1.54) is 16.7 Å². The number of benzene rings is 3. The number of hydrogen-bond donors (Lipinski definition) is 1. The molecule has 134 valence electrons. The lowest BCUT2D eigenvalue weighted by Crippen LogP contribution is -2.36. The summed E-state index contributed by atoms with van der Waals surface area (Å²) in [5.41, 5.74) is 4.02. The summed E-state index contributed by atoms with van der Waals surface area (Å²) in [7, 11) is 0. The van der Waals surface area contributed by atoms with Gasteiger partial charge in [0.2, 0.25) is 5.91 Å². The molecular formula is C25H23NO. The molecule has 27 heavy (non-hydrogen) atoms. The maximum absolute atomic E-state index is 13.1. The van der Waals surface area contributed by atoms with Crippen LogP contribution in [-0.4, -0.2) is 5.91 Å². The zero-order valence-electron chi connectivity index (χ0n) is 15.3. The van der Waals surface area contributed by atoms with Crippen LogP contribution >= 0.6 is 0 Å². The highest BCUT2D eigenvalue weighted by atomic mass is 16.2. The topological polar surface area (TPSA) is 29.1 Å². The minimum atomic E-state index is -0.549. The molecule has 2 heteroatoms. The molecule has 0 saturated carbocycles. The van der Waals surface area contributed by atoms with Crippen LogP contribution in [0.15, 0.2) is 103 Å². The van der Waals surface area contributed by atoms with Crippen LogP contribution in [0.3, 0.4) is 0 Å². The largest absolute Gasteiger partial charge is 0.329 e. The van der Waals surface area contributed by atoms with Crippen molar-refractivity contribution in [2.24, 2.45) is 5.41 Å². The monoisotopic (exact) mass is 353 g/mol. The van der Waals surface area contributed by atoms with Crippen molar-refractivity contribution in [1.82, 2.24) is 5.32 Å². The Hall–Kier alpha value is -3.13. The van der Waals surface area contributed by atoms with Crippen LogP contribution in [-0.2, 0) is 24.1 Å². The number of rotatable bonds is 6. The van der Waals surface area contributed by atoms with Gasteiger partial charge in [-0.05, 0) is 35.6 Å². The maximum Gasteiger partial charge on any atom is 0.234 e. The first-order valence-electron chi connectivity index (χ1n) is 9.38. The predicted octanol–water partition coefficient (Wildman–Crippen LogP) is 4.71. The summed E-state index contributed by atoms with van der Waals surface area (Å²) in [6, 6.07) is 30.8. The summed E-state index contributed by atoms with van der Waals surface area (Å²) in [6.07, 6.45) is 4.32. The third-order valence-electron chi connectivity index (χ3n) is 5.14. The number of nitrogens with one attached hydrogen (secondary N) is 1. The van der Waals surface area contributed by atoms with E-state index in [9.17, 15) is 4.79 Å². The summed E-state index contributed by atoms with van der Waals surface area (Å²) in [6.45, 7) is 0. The molecule has 3 aromatic rings. The predicted molar refractivity (Wildman–Crippen MR) is 109 cm³/mol. The highest BCUT2D eigenvalue weighted by Crippen LogP contribution is 2.35.